The van der Waals surface area contributed by atoms with Crippen molar-refractivity contribution in [3.05, 3.63) is 35.9 Å². The average Bonchev–Trinajstić information content (AvgIpc) is 2.06. The third-order valence-corrected chi connectivity index (χ3v) is 1.87. The van der Waals surface area contributed by atoms with Crippen molar-refractivity contribution >= 4 is 5.91 Å². The average molecular weight is 179 g/mol. The van der Waals surface area contributed by atoms with E-state index in [1.807, 2.05) is 30.3 Å². The molecule has 0 fully saturated rings. The summed E-state index contributed by atoms with van der Waals surface area (Å²) in [5, 5.41) is 0. The molecule has 0 heterocycles. The molecule has 0 unspecified atom stereocenters. The molecule has 1 N–H and O–H groups in total. The van der Waals surface area contributed by atoms with Crippen LogP contribution in [-0.4, -0.2) is 5.91 Å². The van der Waals surface area contributed by atoms with E-state index in [4.69, 9.17) is 0 Å². The summed E-state index contributed by atoms with van der Waals surface area (Å²) < 4.78 is 2.64. The van der Waals surface area contributed by atoms with E-state index >= 15 is 0 Å². The van der Waals surface area contributed by atoms with Crippen molar-refractivity contribution in [2.24, 2.45) is 0 Å². The second kappa shape index (κ2) is 4.44. The Bertz CT molecular complexity index is 235. The van der Waals surface area contributed by atoms with Gasteiger partial charge < -0.3 is 0 Å². The van der Waals surface area contributed by atoms with Crippen LogP contribution in [0.5, 0.6) is 0 Å². The first kappa shape index (κ1) is 8.65. The summed E-state index contributed by atoms with van der Waals surface area (Å²) in [5.74, 6) is 0.0798. The number of hydrogen-bond acceptors (Lipinski definition) is 1. The van der Waals surface area contributed by atoms with Gasteiger partial charge in [-0.1, -0.05) is 0 Å². The van der Waals surface area contributed by atoms with E-state index in [1.54, 1.807) is 0 Å². The number of benzene rings is 1. The molecular formula is C8H8NOSc. The maximum absolute atomic E-state index is 10.9. The van der Waals surface area contributed by atoms with Gasteiger partial charge in [-0.05, 0) is 0 Å². The number of carbonyl (C=O) groups is 1. The molecular weight excluding hydrogens is 171 g/mol. The van der Waals surface area contributed by atoms with Crippen molar-refractivity contribution < 1.29 is 29.5 Å². The first-order valence-corrected chi connectivity index (χ1v) is 4.26. The second-order valence-corrected chi connectivity index (χ2v) is 2.68. The van der Waals surface area contributed by atoms with Gasteiger partial charge in [-0.2, -0.15) is 0 Å². The predicted octanol–water partition coefficient (Wildman–Crippen LogP) is 0.807. The fraction of sp³-hybridized carbons (Fsp3) is 0.125. The Kier molecular flexibility index (Phi) is 3.49. The molecule has 1 aromatic rings. The number of carbonyl (C=O) groups excluding carboxylic acids is 1. The van der Waals surface area contributed by atoms with Crippen molar-refractivity contribution in [3.63, 3.8) is 0 Å². The van der Waals surface area contributed by atoms with Crippen molar-refractivity contribution in [3.8, 4) is 0 Å². The quantitative estimate of drug-likeness (QED) is 0.715. The summed E-state index contributed by atoms with van der Waals surface area (Å²) in [6, 6.07) is 9.70. The number of rotatable bonds is 2. The zero-order valence-corrected chi connectivity index (χ0v) is 7.88. The molecule has 54 valence electrons. The summed E-state index contributed by atoms with van der Waals surface area (Å²) in [5.41, 5.74) is 1.06. The van der Waals surface area contributed by atoms with Crippen LogP contribution in [0.4, 0.5) is 0 Å². The van der Waals surface area contributed by atoms with Crippen LogP contribution in [0.25, 0.3) is 0 Å². The third kappa shape index (κ3) is 2.97. The standard InChI is InChI=1S/C8H9NO.Sc/c9-8(10)6-7-4-2-1-3-5-7;/h1-5H,6H2,(H2,9,10);/q;+1/p-1. The van der Waals surface area contributed by atoms with E-state index in [0.717, 1.165) is 5.56 Å². The van der Waals surface area contributed by atoms with Gasteiger partial charge in [0.1, 0.15) is 0 Å². The molecule has 0 aliphatic rings. The molecule has 11 heavy (non-hydrogen) atoms. The van der Waals surface area contributed by atoms with E-state index in [-0.39, 0.29) is 5.91 Å². The predicted molar refractivity (Wildman–Crippen MR) is 38.3 cm³/mol. The number of nitrogens with one attached hydrogen (secondary N) is 1. The van der Waals surface area contributed by atoms with Crippen LogP contribution < -0.4 is 3.30 Å². The SMILES string of the molecule is O=C(Cc1ccccc1)[NH][Sc]. The summed E-state index contributed by atoms with van der Waals surface area (Å²) in [6.45, 7) is 0. The van der Waals surface area contributed by atoms with Gasteiger partial charge in [0.05, 0.1) is 0 Å². The summed E-state index contributed by atoms with van der Waals surface area (Å²) >= 11 is 1.23. The van der Waals surface area contributed by atoms with E-state index in [2.05, 4.69) is 3.30 Å². The summed E-state index contributed by atoms with van der Waals surface area (Å²) in [7, 11) is 0. The maximum atomic E-state index is 10.9. The van der Waals surface area contributed by atoms with E-state index in [0.29, 0.717) is 6.42 Å². The molecule has 0 spiro atoms. The molecule has 0 aromatic heterocycles. The first-order valence-electron chi connectivity index (χ1n) is 3.36. The summed E-state index contributed by atoms with van der Waals surface area (Å²) in [4.78, 5) is 10.9. The Morgan fingerprint density at radius 1 is 1.36 bits per heavy atom. The van der Waals surface area contributed by atoms with Gasteiger partial charge in [0, 0.05) is 0 Å². The van der Waals surface area contributed by atoms with Crippen LogP contribution in [0.1, 0.15) is 5.56 Å². The molecule has 0 aliphatic carbocycles. The van der Waals surface area contributed by atoms with Gasteiger partial charge in [0.15, 0.2) is 0 Å². The minimum atomic E-state index is 0.0798. The van der Waals surface area contributed by atoms with Gasteiger partial charge in [-0.15, -0.1) is 0 Å². The van der Waals surface area contributed by atoms with E-state index in [1.165, 1.54) is 24.7 Å². The van der Waals surface area contributed by atoms with Crippen molar-refractivity contribution in [2.45, 2.75) is 6.42 Å². The molecule has 0 saturated carbocycles. The molecule has 0 aliphatic heterocycles. The van der Waals surface area contributed by atoms with Crippen molar-refractivity contribution in [2.75, 3.05) is 0 Å². The number of hydrogen-bond donors (Lipinski definition) is 1. The number of amides is 1. The third-order valence-electron chi connectivity index (χ3n) is 1.37. The van der Waals surface area contributed by atoms with Gasteiger partial charge in [0.2, 0.25) is 0 Å². The zero-order chi connectivity index (χ0) is 8.10. The topological polar surface area (TPSA) is 29.1 Å². The zero-order valence-electron chi connectivity index (χ0n) is 6.08. The Hall–Kier alpha value is -0.440. The molecule has 0 saturated heterocycles. The molecule has 0 atom stereocenters. The molecule has 1 rings (SSSR count). The van der Waals surface area contributed by atoms with Crippen LogP contribution in [0.2, 0.25) is 0 Å². The summed E-state index contributed by atoms with van der Waals surface area (Å²) in [6.07, 6.45) is 0.485. The van der Waals surface area contributed by atoms with E-state index < -0.39 is 0 Å². The fourth-order valence-electron chi connectivity index (χ4n) is 0.832. The van der Waals surface area contributed by atoms with E-state index in [9.17, 15) is 4.79 Å². The Morgan fingerprint density at radius 2 is 2.00 bits per heavy atom. The van der Waals surface area contributed by atoms with Gasteiger partial charge in [0.25, 0.3) is 0 Å². The van der Waals surface area contributed by atoms with Crippen molar-refractivity contribution in [1.29, 1.82) is 0 Å². The molecule has 3 heteroatoms. The Morgan fingerprint density at radius 3 is 2.55 bits per heavy atom. The van der Waals surface area contributed by atoms with Gasteiger partial charge >= 0.3 is 81.0 Å². The molecule has 2 nitrogen and oxygen atoms in total. The normalized spacial score (nSPS) is 9.00. The Balaban J connectivity index is 2.58. The molecule has 1 amide bonds. The van der Waals surface area contributed by atoms with Crippen LogP contribution in [0.15, 0.2) is 30.3 Å². The molecule has 0 bridgehead atoms. The molecule has 1 aromatic carbocycles. The Labute approximate surface area is 81.0 Å². The van der Waals surface area contributed by atoms with Gasteiger partial charge in [-0.3, -0.25) is 0 Å². The van der Waals surface area contributed by atoms with Gasteiger partial charge in [-0.25, -0.2) is 0 Å². The van der Waals surface area contributed by atoms with Crippen LogP contribution in [0.3, 0.4) is 0 Å². The van der Waals surface area contributed by atoms with Crippen LogP contribution in [0, 0.1) is 0 Å². The van der Waals surface area contributed by atoms with Crippen molar-refractivity contribution in [1.82, 2.24) is 3.30 Å². The second-order valence-electron chi connectivity index (χ2n) is 2.23. The monoisotopic (exact) mass is 179 g/mol. The van der Waals surface area contributed by atoms with Crippen LogP contribution in [-0.2, 0) is 35.9 Å². The minimum absolute atomic E-state index is 0.0798. The fourth-order valence-corrected chi connectivity index (χ4v) is 0.992. The van der Waals surface area contributed by atoms with Crippen LogP contribution >= 0.6 is 0 Å². The molecule has 0 radical (unpaired) electrons. The first-order chi connectivity index (χ1) is 5.33.